The Balaban J connectivity index is 2.63. The third-order valence-corrected chi connectivity index (χ3v) is 3.13. The molecule has 1 aromatic carbocycles. The van der Waals surface area contributed by atoms with E-state index in [4.69, 9.17) is 5.11 Å². The molecule has 0 spiro atoms. The van der Waals surface area contributed by atoms with Crippen LogP contribution in [0.1, 0.15) is 30.6 Å². The molecule has 4 nitrogen and oxygen atoms in total. The number of amides is 1. The number of phenolic OH excluding ortho intramolecular Hbond substituents is 2. The van der Waals surface area contributed by atoms with E-state index in [-0.39, 0.29) is 22.8 Å². The maximum atomic E-state index is 11.8. The standard InChI is InChI=1S/C13H18BrNO3/c1-13(2,5-6-14)8-15-12(18)9-3-4-10(16)11(17)7-9/h3-4,7,16-17H,5-6,8H2,1-2H3,(H,15,18). The van der Waals surface area contributed by atoms with Crippen molar-refractivity contribution in [3.8, 4) is 11.5 Å². The van der Waals surface area contributed by atoms with Crippen molar-refractivity contribution in [1.29, 1.82) is 0 Å². The van der Waals surface area contributed by atoms with E-state index in [1.54, 1.807) is 0 Å². The first-order chi connectivity index (χ1) is 8.35. The molecule has 0 fully saturated rings. The number of aromatic hydroxyl groups is 2. The minimum absolute atomic E-state index is 0.0120. The van der Waals surface area contributed by atoms with Crippen molar-refractivity contribution in [1.82, 2.24) is 5.32 Å². The minimum Gasteiger partial charge on any atom is -0.504 e. The van der Waals surface area contributed by atoms with Gasteiger partial charge in [-0.25, -0.2) is 0 Å². The lowest BCUT2D eigenvalue weighted by Crippen LogP contribution is -2.34. The first-order valence-electron chi connectivity index (χ1n) is 5.72. The van der Waals surface area contributed by atoms with E-state index in [1.807, 2.05) is 0 Å². The van der Waals surface area contributed by atoms with Crippen molar-refractivity contribution in [2.24, 2.45) is 5.41 Å². The molecule has 0 heterocycles. The molecule has 100 valence electrons. The van der Waals surface area contributed by atoms with Crippen LogP contribution in [0.4, 0.5) is 0 Å². The van der Waals surface area contributed by atoms with Gasteiger partial charge in [0.2, 0.25) is 0 Å². The van der Waals surface area contributed by atoms with E-state index in [0.717, 1.165) is 11.8 Å². The van der Waals surface area contributed by atoms with Crippen LogP contribution in [0.5, 0.6) is 11.5 Å². The van der Waals surface area contributed by atoms with E-state index in [2.05, 4.69) is 35.1 Å². The monoisotopic (exact) mass is 315 g/mol. The Kier molecular flexibility index (Phi) is 5.02. The number of phenols is 2. The van der Waals surface area contributed by atoms with Crippen LogP contribution < -0.4 is 5.32 Å². The Hall–Kier alpha value is -1.23. The summed E-state index contributed by atoms with van der Waals surface area (Å²) >= 11 is 3.38. The number of benzene rings is 1. The van der Waals surface area contributed by atoms with Crippen molar-refractivity contribution >= 4 is 21.8 Å². The van der Waals surface area contributed by atoms with Crippen LogP contribution in [0.3, 0.4) is 0 Å². The van der Waals surface area contributed by atoms with Gasteiger partial charge in [-0.05, 0) is 30.0 Å². The molecule has 18 heavy (non-hydrogen) atoms. The highest BCUT2D eigenvalue weighted by atomic mass is 79.9. The summed E-state index contributed by atoms with van der Waals surface area (Å²) in [6.45, 7) is 4.70. The van der Waals surface area contributed by atoms with Gasteiger partial charge in [-0.3, -0.25) is 4.79 Å². The Labute approximate surface area is 115 Å². The number of nitrogens with one attached hydrogen (secondary N) is 1. The molecule has 0 unspecified atom stereocenters. The summed E-state index contributed by atoms with van der Waals surface area (Å²) in [5.41, 5.74) is 0.345. The lowest BCUT2D eigenvalue weighted by molar-refractivity contribution is 0.0935. The quantitative estimate of drug-likeness (QED) is 0.578. The highest BCUT2D eigenvalue weighted by Crippen LogP contribution is 2.25. The number of hydrogen-bond donors (Lipinski definition) is 3. The average molecular weight is 316 g/mol. The topological polar surface area (TPSA) is 69.6 Å². The lowest BCUT2D eigenvalue weighted by atomic mass is 9.90. The van der Waals surface area contributed by atoms with Crippen LogP contribution in [-0.4, -0.2) is 28.0 Å². The summed E-state index contributed by atoms with van der Waals surface area (Å²) in [5.74, 6) is -0.776. The zero-order chi connectivity index (χ0) is 13.8. The van der Waals surface area contributed by atoms with Crippen LogP contribution in [-0.2, 0) is 0 Å². The first kappa shape index (κ1) is 14.8. The predicted molar refractivity (Wildman–Crippen MR) is 74.3 cm³/mol. The van der Waals surface area contributed by atoms with E-state index < -0.39 is 0 Å². The SMILES string of the molecule is CC(C)(CCBr)CNC(=O)c1ccc(O)c(O)c1. The second-order valence-corrected chi connectivity index (χ2v) is 5.78. The van der Waals surface area contributed by atoms with Gasteiger partial charge in [-0.15, -0.1) is 0 Å². The molecule has 1 rings (SSSR count). The summed E-state index contributed by atoms with van der Waals surface area (Å²) in [6.07, 6.45) is 0.952. The first-order valence-corrected chi connectivity index (χ1v) is 6.84. The molecule has 0 radical (unpaired) electrons. The minimum atomic E-state index is -0.289. The Bertz CT molecular complexity index is 432. The summed E-state index contributed by atoms with van der Waals surface area (Å²) in [6, 6.07) is 4.03. The van der Waals surface area contributed by atoms with Gasteiger partial charge < -0.3 is 15.5 Å². The molecule has 0 aromatic heterocycles. The lowest BCUT2D eigenvalue weighted by Gasteiger charge is -2.23. The fraction of sp³-hybridized carbons (Fsp3) is 0.462. The summed E-state index contributed by atoms with van der Waals surface area (Å²) < 4.78 is 0. The molecule has 0 aliphatic carbocycles. The zero-order valence-corrected chi connectivity index (χ0v) is 12.1. The highest BCUT2D eigenvalue weighted by molar-refractivity contribution is 9.09. The van der Waals surface area contributed by atoms with Gasteiger partial charge >= 0.3 is 0 Å². The third-order valence-electron chi connectivity index (χ3n) is 2.74. The van der Waals surface area contributed by atoms with Gasteiger partial charge in [-0.2, -0.15) is 0 Å². The van der Waals surface area contributed by atoms with Gasteiger partial charge in [0, 0.05) is 17.4 Å². The largest absolute Gasteiger partial charge is 0.504 e. The number of alkyl halides is 1. The summed E-state index contributed by atoms with van der Waals surface area (Å²) in [4.78, 5) is 11.8. The van der Waals surface area contributed by atoms with Gasteiger partial charge in [0.15, 0.2) is 11.5 Å². The molecule has 0 aliphatic rings. The van der Waals surface area contributed by atoms with Crippen LogP contribution in [0, 0.1) is 5.41 Å². The fourth-order valence-electron chi connectivity index (χ4n) is 1.43. The molecule has 0 bridgehead atoms. The van der Waals surface area contributed by atoms with Crippen molar-refractivity contribution in [3.05, 3.63) is 23.8 Å². The van der Waals surface area contributed by atoms with Crippen LogP contribution >= 0.6 is 15.9 Å². The number of carbonyl (C=O) groups is 1. The smallest absolute Gasteiger partial charge is 0.251 e. The Morgan fingerprint density at radius 1 is 1.33 bits per heavy atom. The predicted octanol–water partition coefficient (Wildman–Crippen LogP) is 2.64. The number of rotatable bonds is 5. The maximum Gasteiger partial charge on any atom is 0.251 e. The van der Waals surface area contributed by atoms with E-state index in [1.165, 1.54) is 18.2 Å². The molecule has 1 amide bonds. The molecule has 0 saturated heterocycles. The van der Waals surface area contributed by atoms with Crippen LogP contribution in [0.15, 0.2) is 18.2 Å². The molecular weight excluding hydrogens is 298 g/mol. The van der Waals surface area contributed by atoms with Crippen molar-refractivity contribution in [2.45, 2.75) is 20.3 Å². The molecule has 0 atom stereocenters. The Morgan fingerprint density at radius 3 is 2.56 bits per heavy atom. The van der Waals surface area contributed by atoms with Gasteiger partial charge in [0.05, 0.1) is 0 Å². The second kappa shape index (κ2) is 6.09. The Morgan fingerprint density at radius 2 is 2.00 bits per heavy atom. The van der Waals surface area contributed by atoms with Gasteiger partial charge in [0.25, 0.3) is 5.91 Å². The zero-order valence-electron chi connectivity index (χ0n) is 10.5. The molecular formula is C13H18BrNO3. The second-order valence-electron chi connectivity index (χ2n) is 4.99. The highest BCUT2D eigenvalue weighted by Gasteiger charge is 2.18. The van der Waals surface area contributed by atoms with E-state index in [9.17, 15) is 9.90 Å². The van der Waals surface area contributed by atoms with Crippen molar-refractivity contribution < 1.29 is 15.0 Å². The normalized spacial score (nSPS) is 11.3. The average Bonchev–Trinajstić information content (AvgIpc) is 2.30. The van der Waals surface area contributed by atoms with E-state index in [0.29, 0.717) is 12.1 Å². The van der Waals surface area contributed by atoms with Crippen molar-refractivity contribution in [2.75, 3.05) is 11.9 Å². The van der Waals surface area contributed by atoms with Crippen molar-refractivity contribution in [3.63, 3.8) is 0 Å². The summed E-state index contributed by atoms with van der Waals surface area (Å²) in [5, 5.41) is 22.2. The molecule has 0 saturated carbocycles. The number of halogens is 1. The van der Waals surface area contributed by atoms with Crippen LogP contribution in [0.25, 0.3) is 0 Å². The molecule has 0 aliphatic heterocycles. The van der Waals surface area contributed by atoms with Crippen LogP contribution in [0.2, 0.25) is 0 Å². The fourth-order valence-corrected chi connectivity index (χ4v) is 2.50. The number of hydrogen-bond acceptors (Lipinski definition) is 3. The molecule has 3 N–H and O–H groups in total. The molecule has 5 heteroatoms. The number of carbonyl (C=O) groups excluding carboxylic acids is 1. The van der Waals surface area contributed by atoms with Gasteiger partial charge in [0.1, 0.15) is 0 Å². The van der Waals surface area contributed by atoms with E-state index >= 15 is 0 Å². The summed E-state index contributed by atoms with van der Waals surface area (Å²) in [7, 11) is 0. The van der Waals surface area contributed by atoms with Gasteiger partial charge in [-0.1, -0.05) is 29.8 Å². The third kappa shape index (κ3) is 4.22. The maximum absolute atomic E-state index is 11.8. The molecule has 1 aromatic rings.